The summed E-state index contributed by atoms with van der Waals surface area (Å²) in [6.07, 6.45) is -13.5. The van der Waals surface area contributed by atoms with Crippen molar-refractivity contribution in [2.45, 2.75) is 88.5 Å². The predicted molar refractivity (Wildman–Crippen MR) is 217 cm³/mol. The van der Waals surface area contributed by atoms with Gasteiger partial charge in [0, 0.05) is 30.7 Å². The number of carbonyl (C=O) groups is 3. The molecule has 2 saturated heterocycles. The minimum Gasteiger partial charge on any atom is -0.387 e. The lowest BCUT2D eigenvalue weighted by Gasteiger charge is -2.30. The van der Waals surface area contributed by atoms with E-state index in [0.29, 0.717) is 12.3 Å². The Bertz CT molecular complexity index is 2070. The summed E-state index contributed by atoms with van der Waals surface area (Å²) in [6, 6.07) is -0.939. The van der Waals surface area contributed by atoms with Gasteiger partial charge < -0.3 is 71.0 Å². The van der Waals surface area contributed by atoms with Gasteiger partial charge in [-0.25, -0.2) is 28.6 Å². The summed E-state index contributed by atoms with van der Waals surface area (Å²) in [7, 11) is -14.5. The number of phosphoric acid groups is 3. The molecule has 29 nitrogen and oxygen atoms in total. The second kappa shape index (κ2) is 22.9. The van der Waals surface area contributed by atoms with Gasteiger partial charge in [-0.2, -0.15) is 16.9 Å². The third kappa shape index (κ3) is 14.7. The summed E-state index contributed by atoms with van der Waals surface area (Å²) >= 11 is 3.97. The van der Waals surface area contributed by atoms with Crippen molar-refractivity contribution in [3.63, 3.8) is 0 Å². The van der Waals surface area contributed by atoms with Crippen molar-refractivity contribution in [2.75, 3.05) is 58.1 Å². The largest absolute Gasteiger partial charge is 0.481 e. The molecule has 2 amide bonds. The molecule has 33 heteroatoms. The third-order valence-corrected chi connectivity index (χ3v) is 13.3. The first kappa shape index (κ1) is 54.0. The molecule has 2 fully saturated rings. The number of aromatic nitrogens is 4. The number of ketones is 1. The number of nitrogens with two attached hydrogens (primary N) is 1. The number of aliphatic hydroxyl groups excluding tert-OH is 4. The van der Waals surface area contributed by atoms with E-state index >= 15 is 0 Å². The van der Waals surface area contributed by atoms with Crippen LogP contribution >= 0.6 is 36.1 Å². The third-order valence-electron chi connectivity index (χ3n) is 9.51. The summed E-state index contributed by atoms with van der Waals surface area (Å²) in [5.74, 6) is -1.41. The van der Waals surface area contributed by atoms with Crippen molar-refractivity contribution in [3.8, 4) is 0 Å². The second-order valence-electron chi connectivity index (χ2n) is 14.9. The Morgan fingerprint density at radius 3 is 2.20 bits per heavy atom. The van der Waals surface area contributed by atoms with Crippen LogP contribution in [0.3, 0.4) is 0 Å². The van der Waals surface area contributed by atoms with Crippen molar-refractivity contribution < 1.29 is 99.8 Å². The fourth-order valence-corrected chi connectivity index (χ4v) is 9.00. The Labute approximate surface area is 369 Å². The molecule has 2 aromatic rings. The maximum atomic E-state index is 12.9. The van der Waals surface area contributed by atoms with Crippen LogP contribution in [-0.4, -0.2) is 180 Å². The van der Waals surface area contributed by atoms with E-state index in [2.05, 4.69) is 47.8 Å². The van der Waals surface area contributed by atoms with E-state index in [4.69, 9.17) is 38.0 Å². The van der Waals surface area contributed by atoms with Gasteiger partial charge in [-0.15, -0.1) is 0 Å². The van der Waals surface area contributed by atoms with E-state index in [1.165, 1.54) is 32.4 Å². The normalized spacial score (nSPS) is 27.6. The summed E-state index contributed by atoms with van der Waals surface area (Å²) in [5, 5.41) is 51.0. The predicted octanol–water partition coefficient (Wildman–Crippen LogP) is -3.00. The smallest absolute Gasteiger partial charge is 0.387 e. The van der Waals surface area contributed by atoms with Crippen molar-refractivity contribution in [1.29, 1.82) is 0 Å². The zero-order chi connectivity index (χ0) is 47.8. The highest BCUT2D eigenvalue weighted by molar-refractivity contribution is 7.80. The van der Waals surface area contributed by atoms with Crippen molar-refractivity contribution >= 4 is 70.7 Å². The number of nitrogens with one attached hydrogen (secondary N) is 3. The van der Waals surface area contributed by atoms with Gasteiger partial charge in [0.2, 0.25) is 11.8 Å². The first-order valence-electron chi connectivity index (χ1n) is 19.0. The number of hydrogen-bond acceptors (Lipinski definition) is 24. The summed E-state index contributed by atoms with van der Waals surface area (Å²) in [6.45, 7) is 0.532. The first-order valence-corrected chi connectivity index (χ1v) is 24.2. The van der Waals surface area contributed by atoms with Crippen LogP contribution in [0.2, 0.25) is 0 Å². The van der Waals surface area contributed by atoms with Crippen LogP contribution in [0.25, 0.3) is 11.2 Å². The van der Waals surface area contributed by atoms with Gasteiger partial charge in [0.25, 0.3) is 0 Å². The molecule has 0 aliphatic carbocycles. The number of phosphoric ester groups is 3. The number of Topliss-reactive ketones (excluding diaryl/α,β-unsaturated/α-hetero) is 1. The molecule has 3 unspecified atom stereocenters. The molecule has 364 valence electrons. The quantitative estimate of drug-likeness (QED) is 0.0330. The molecule has 13 atom stereocenters. The number of imidazole rings is 1. The minimum atomic E-state index is -5.59. The Hall–Kier alpha value is -2.64. The van der Waals surface area contributed by atoms with Crippen LogP contribution < -0.4 is 21.7 Å². The number of ether oxygens (including phenoxy) is 3. The lowest BCUT2D eigenvalue weighted by molar-refractivity contribution is -0.219. The lowest BCUT2D eigenvalue weighted by Crippen LogP contribution is -2.46. The van der Waals surface area contributed by atoms with E-state index in [9.17, 15) is 63.2 Å². The number of amides is 2. The van der Waals surface area contributed by atoms with Crippen molar-refractivity contribution in [1.82, 2.24) is 35.5 Å². The van der Waals surface area contributed by atoms with Gasteiger partial charge in [0.15, 0.2) is 24.0 Å². The average Bonchev–Trinajstić information content (AvgIpc) is 3.87. The first-order chi connectivity index (χ1) is 29.8. The molecule has 4 rings (SSSR count). The van der Waals surface area contributed by atoms with E-state index in [-0.39, 0.29) is 35.9 Å². The minimum absolute atomic E-state index is 0.0235. The summed E-state index contributed by atoms with van der Waals surface area (Å²) in [5.41, 5.74) is 4.39. The number of thiol groups is 1. The molecule has 4 heterocycles. The van der Waals surface area contributed by atoms with Gasteiger partial charge in [-0.1, -0.05) is 13.8 Å². The molecule has 0 aromatic carbocycles. The summed E-state index contributed by atoms with van der Waals surface area (Å²) < 4.78 is 80.5. The van der Waals surface area contributed by atoms with Crippen molar-refractivity contribution in [2.24, 2.45) is 5.41 Å². The highest BCUT2D eigenvalue weighted by Crippen LogP contribution is 2.61. The maximum absolute atomic E-state index is 12.9. The molecular formula is C31H53N8O21P3S. The van der Waals surface area contributed by atoms with Gasteiger partial charge in [0.05, 0.1) is 38.8 Å². The number of likely N-dealkylation sites (N-methyl/N-ethyl adjacent to an activating group) is 1. The van der Waals surface area contributed by atoms with Crippen LogP contribution in [0.5, 0.6) is 0 Å². The number of rotatable bonds is 26. The van der Waals surface area contributed by atoms with Crippen LogP contribution in [0, 0.1) is 5.41 Å². The Kier molecular flexibility index (Phi) is 19.3. The number of fused-ring (bicyclic) bond motifs is 1. The van der Waals surface area contributed by atoms with Crippen LogP contribution in [-0.2, 0) is 64.7 Å². The SMILES string of the molecule is CN[C@@H](COP(=O)(O)OC[C@H]1O[C@@H](O[C@@H]2[C@H](O)[C@@H](COP(=O)(O)OP(=O)(O)OCC(C)(C)[C@@H](O)C(=O)NCCC(=O)NCCS)O[C@H]2n2cnc3c(N)ncnc32)[C@H](O)[C@@H]1O)C(C)=O. The van der Waals surface area contributed by atoms with Gasteiger partial charge in [0.1, 0.15) is 60.4 Å². The molecule has 64 heavy (non-hydrogen) atoms. The van der Waals surface area contributed by atoms with E-state index < -0.39 is 128 Å². The zero-order valence-corrected chi connectivity index (χ0v) is 38.2. The fourth-order valence-electron chi connectivity index (χ4n) is 5.89. The molecule has 0 spiro atoms. The molecule has 0 saturated carbocycles. The molecule has 2 aromatic heterocycles. The molecular weight excluding hydrogens is 945 g/mol. The average molecular weight is 999 g/mol. The molecule has 0 bridgehead atoms. The number of aliphatic hydroxyl groups is 4. The van der Waals surface area contributed by atoms with Gasteiger partial charge in [-0.05, 0) is 14.0 Å². The molecule has 2 aliphatic rings. The van der Waals surface area contributed by atoms with Crippen molar-refractivity contribution in [3.05, 3.63) is 12.7 Å². The zero-order valence-electron chi connectivity index (χ0n) is 34.6. The van der Waals surface area contributed by atoms with Crippen LogP contribution in [0.4, 0.5) is 5.82 Å². The Morgan fingerprint density at radius 2 is 1.56 bits per heavy atom. The number of carbonyl (C=O) groups excluding carboxylic acids is 3. The number of hydrogen-bond donors (Lipinski definition) is 12. The van der Waals surface area contributed by atoms with Gasteiger partial charge in [-0.3, -0.25) is 37.0 Å². The Balaban J connectivity index is 1.40. The highest BCUT2D eigenvalue weighted by atomic mass is 32.1. The molecule has 0 radical (unpaired) electrons. The topological polar surface area (TPSA) is 424 Å². The highest BCUT2D eigenvalue weighted by Gasteiger charge is 2.53. The van der Waals surface area contributed by atoms with E-state index in [0.717, 1.165) is 12.7 Å². The number of nitrogen functional groups attached to an aromatic ring is 1. The molecule has 12 N–H and O–H groups in total. The number of anilines is 1. The standard InChI is InChI=1S/C31H53N8O21P3S/c1-15(40)16(33-4)9-53-61(47,48)54-10-17-21(42)23(44)30(58-17)59-24-22(43)18(57-29(24)39-14-38-20-26(32)36-13-37-27(20)39)11-55-62(49,50)60-63(51,52)56-12-31(2,3)25(45)28(46)35-6-5-19(41)34-7-8-64/h13-14,16-18,21-25,29-30,33,42-45,64H,5-12H2,1-4H3,(H,34,41)(H,35,46)(H,47,48)(H,49,50)(H,51,52)(H2,32,36,37)/t16-,17+,18+,21+,22+,23+,24+,25-,29+,30-/m0/s1. The monoisotopic (exact) mass is 998 g/mol. The fraction of sp³-hybridized carbons (Fsp3) is 0.742. The van der Waals surface area contributed by atoms with E-state index in [1.54, 1.807) is 0 Å². The second-order valence-corrected chi connectivity index (χ2v) is 19.8. The number of nitrogens with zero attached hydrogens (tertiary/aromatic N) is 4. The Morgan fingerprint density at radius 1 is 0.922 bits per heavy atom. The van der Waals surface area contributed by atoms with Crippen LogP contribution in [0.15, 0.2) is 12.7 Å². The summed E-state index contributed by atoms with van der Waals surface area (Å²) in [4.78, 5) is 78.7. The maximum Gasteiger partial charge on any atom is 0.481 e. The van der Waals surface area contributed by atoms with Gasteiger partial charge >= 0.3 is 23.5 Å². The van der Waals surface area contributed by atoms with E-state index in [1.807, 2.05) is 0 Å². The lowest BCUT2D eigenvalue weighted by atomic mass is 9.87. The molecule has 2 aliphatic heterocycles. The van der Waals surface area contributed by atoms with Crippen LogP contribution in [0.1, 0.15) is 33.4 Å².